The molecule has 0 fully saturated rings. The maximum atomic E-state index is 9.23. The van der Waals surface area contributed by atoms with Gasteiger partial charge in [-0.05, 0) is 33.3 Å². The first-order valence-electron chi connectivity index (χ1n) is 5.31. The number of hydrogen-bond donors (Lipinski definition) is 0. The van der Waals surface area contributed by atoms with Gasteiger partial charge in [0.25, 0.3) is 0 Å². The molecule has 0 aliphatic rings. The van der Waals surface area contributed by atoms with Crippen LogP contribution in [0.5, 0.6) is 0 Å². The maximum Gasteiger partial charge on any atom is 0.179 e. The Labute approximate surface area is 99.8 Å². The van der Waals surface area contributed by atoms with Crippen molar-refractivity contribution in [3.63, 3.8) is 0 Å². The Balaban J connectivity index is 2.73. The Morgan fingerprint density at radius 2 is 1.82 bits per heavy atom. The van der Waals surface area contributed by atoms with Crippen molar-refractivity contribution in [2.75, 3.05) is 0 Å². The van der Waals surface area contributed by atoms with Crippen LogP contribution in [0.15, 0.2) is 6.33 Å². The van der Waals surface area contributed by atoms with Gasteiger partial charge in [0.05, 0.1) is 11.4 Å². The number of nitrogens with zero attached hydrogens (tertiary/aromatic N) is 5. The van der Waals surface area contributed by atoms with Crippen LogP contribution in [0.3, 0.4) is 0 Å². The second-order valence-electron chi connectivity index (χ2n) is 4.01. The van der Waals surface area contributed by atoms with Crippen LogP contribution in [-0.4, -0.2) is 19.7 Å². The van der Waals surface area contributed by atoms with Gasteiger partial charge in [0.1, 0.15) is 18.0 Å². The molecule has 5 heteroatoms. The van der Waals surface area contributed by atoms with Gasteiger partial charge < -0.3 is 0 Å². The van der Waals surface area contributed by atoms with Gasteiger partial charge in [0.2, 0.25) is 0 Å². The average molecular weight is 227 g/mol. The van der Waals surface area contributed by atoms with Gasteiger partial charge in [-0.25, -0.2) is 4.98 Å². The zero-order valence-electron chi connectivity index (χ0n) is 10.3. The molecule has 2 heterocycles. The van der Waals surface area contributed by atoms with E-state index in [0.717, 1.165) is 22.6 Å². The van der Waals surface area contributed by atoms with Crippen molar-refractivity contribution in [1.29, 1.82) is 5.26 Å². The minimum absolute atomic E-state index is 0.550. The number of aromatic nitrogens is 4. The van der Waals surface area contributed by atoms with Crippen LogP contribution in [0.1, 0.15) is 28.2 Å². The lowest BCUT2D eigenvalue weighted by molar-refractivity contribution is 0.856. The number of imidazole rings is 1. The van der Waals surface area contributed by atoms with Crippen molar-refractivity contribution in [1.82, 2.24) is 19.7 Å². The highest BCUT2D eigenvalue weighted by Crippen LogP contribution is 2.19. The van der Waals surface area contributed by atoms with Gasteiger partial charge in [-0.3, -0.25) is 4.57 Å². The van der Waals surface area contributed by atoms with Crippen LogP contribution in [0.4, 0.5) is 0 Å². The summed E-state index contributed by atoms with van der Waals surface area (Å²) in [4.78, 5) is 4.21. The maximum absolute atomic E-state index is 9.23. The summed E-state index contributed by atoms with van der Waals surface area (Å²) in [6.45, 7) is 7.59. The topological polar surface area (TPSA) is 67.4 Å². The third-order valence-electron chi connectivity index (χ3n) is 3.03. The fourth-order valence-corrected chi connectivity index (χ4v) is 1.61. The summed E-state index contributed by atoms with van der Waals surface area (Å²) in [5.41, 5.74) is 4.09. The van der Waals surface area contributed by atoms with E-state index in [4.69, 9.17) is 0 Å². The molecule has 2 rings (SSSR count). The molecule has 5 nitrogen and oxygen atoms in total. The van der Waals surface area contributed by atoms with Gasteiger partial charge in [0.15, 0.2) is 5.82 Å². The predicted octanol–water partition coefficient (Wildman–Crippen LogP) is 1.77. The zero-order valence-corrected chi connectivity index (χ0v) is 10.3. The lowest BCUT2D eigenvalue weighted by Crippen LogP contribution is -2.07. The predicted molar refractivity (Wildman–Crippen MR) is 62.8 cm³/mol. The van der Waals surface area contributed by atoms with Gasteiger partial charge in [-0.15, -0.1) is 5.10 Å². The van der Waals surface area contributed by atoms with Crippen molar-refractivity contribution >= 4 is 0 Å². The summed E-state index contributed by atoms with van der Waals surface area (Å²) in [7, 11) is 0. The van der Waals surface area contributed by atoms with Crippen LogP contribution in [0, 0.1) is 39.0 Å². The monoisotopic (exact) mass is 227 g/mol. The number of hydrogen-bond acceptors (Lipinski definition) is 4. The van der Waals surface area contributed by atoms with Crippen LogP contribution in [0.25, 0.3) is 5.82 Å². The Morgan fingerprint density at radius 3 is 2.35 bits per heavy atom. The molecule has 0 aliphatic carbocycles. The smallest absolute Gasteiger partial charge is 0.179 e. The summed E-state index contributed by atoms with van der Waals surface area (Å²) < 4.78 is 1.80. The van der Waals surface area contributed by atoms with Gasteiger partial charge >= 0.3 is 0 Å². The van der Waals surface area contributed by atoms with E-state index >= 15 is 0 Å². The molecular formula is C12H13N5. The second kappa shape index (κ2) is 3.98. The van der Waals surface area contributed by atoms with E-state index in [-0.39, 0.29) is 0 Å². The first-order chi connectivity index (χ1) is 8.06. The molecule has 0 unspecified atom stereocenters. The number of aryl methyl sites for hydroxylation is 2. The number of nitriles is 1. The second-order valence-corrected chi connectivity index (χ2v) is 4.01. The van der Waals surface area contributed by atoms with Crippen molar-refractivity contribution in [2.45, 2.75) is 27.7 Å². The van der Waals surface area contributed by atoms with Crippen LogP contribution in [0.2, 0.25) is 0 Å². The minimum atomic E-state index is 0.550. The molecule has 0 bridgehead atoms. The molecule has 0 aromatic carbocycles. The van der Waals surface area contributed by atoms with E-state index in [0.29, 0.717) is 11.4 Å². The van der Waals surface area contributed by atoms with Crippen molar-refractivity contribution in [2.24, 2.45) is 0 Å². The summed E-state index contributed by atoms with van der Waals surface area (Å²) in [5.74, 6) is 0.550. The minimum Gasteiger partial charge on any atom is -0.285 e. The Hall–Kier alpha value is -2.22. The summed E-state index contributed by atoms with van der Waals surface area (Å²) in [6, 6.07) is 2.19. The van der Waals surface area contributed by atoms with Gasteiger partial charge in [-0.1, -0.05) is 0 Å². The Bertz CT molecular complexity index is 619. The number of rotatable bonds is 1. The lowest BCUT2D eigenvalue weighted by Gasteiger charge is -2.08. The molecule has 0 amide bonds. The average Bonchev–Trinajstić information content (AvgIpc) is 2.64. The molecule has 0 atom stereocenters. The lowest BCUT2D eigenvalue weighted by atomic mass is 10.1. The first-order valence-corrected chi connectivity index (χ1v) is 5.31. The van der Waals surface area contributed by atoms with Gasteiger partial charge in [-0.2, -0.15) is 10.4 Å². The summed E-state index contributed by atoms with van der Waals surface area (Å²) >= 11 is 0. The first kappa shape index (κ1) is 11.3. The van der Waals surface area contributed by atoms with E-state index in [9.17, 15) is 5.26 Å². The van der Waals surface area contributed by atoms with Crippen molar-refractivity contribution in [3.8, 4) is 11.9 Å². The molecule has 0 aliphatic heterocycles. The van der Waals surface area contributed by atoms with E-state index < -0.39 is 0 Å². The van der Waals surface area contributed by atoms with Crippen molar-refractivity contribution in [3.05, 3.63) is 34.5 Å². The molecule has 0 saturated carbocycles. The molecular weight excluding hydrogens is 214 g/mol. The normalized spacial score (nSPS) is 10.3. The highest BCUT2D eigenvalue weighted by molar-refractivity contribution is 5.50. The highest BCUT2D eigenvalue weighted by atomic mass is 15.2. The Morgan fingerprint density at radius 1 is 1.12 bits per heavy atom. The standard InChI is InChI=1S/C12H13N5/c1-7-8(2)15-16-12(11(7)5-13)17-6-14-9(3)10(17)4/h6H,1-4H3. The van der Waals surface area contributed by atoms with Crippen LogP contribution >= 0.6 is 0 Å². The largest absolute Gasteiger partial charge is 0.285 e. The highest BCUT2D eigenvalue weighted by Gasteiger charge is 2.14. The summed E-state index contributed by atoms with van der Waals surface area (Å²) in [6.07, 6.45) is 1.67. The SMILES string of the molecule is Cc1nnc(-n2cnc(C)c2C)c(C#N)c1C. The fraction of sp³-hybridized carbons (Fsp3) is 0.333. The molecule has 17 heavy (non-hydrogen) atoms. The fourth-order valence-electron chi connectivity index (χ4n) is 1.61. The third kappa shape index (κ3) is 1.68. The molecule has 86 valence electrons. The molecule has 0 saturated heterocycles. The quantitative estimate of drug-likeness (QED) is 0.744. The van der Waals surface area contributed by atoms with E-state index in [1.165, 1.54) is 0 Å². The van der Waals surface area contributed by atoms with E-state index in [1.807, 2.05) is 27.7 Å². The van der Waals surface area contributed by atoms with Crippen LogP contribution < -0.4 is 0 Å². The van der Waals surface area contributed by atoms with E-state index in [2.05, 4.69) is 21.3 Å². The zero-order chi connectivity index (χ0) is 12.6. The summed E-state index contributed by atoms with van der Waals surface area (Å²) in [5, 5.41) is 17.4. The molecule has 0 spiro atoms. The molecule has 2 aromatic rings. The molecule has 0 radical (unpaired) electrons. The molecule has 0 N–H and O–H groups in total. The van der Waals surface area contributed by atoms with Crippen molar-refractivity contribution < 1.29 is 0 Å². The van der Waals surface area contributed by atoms with Crippen LogP contribution in [-0.2, 0) is 0 Å². The Kier molecular flexibility index (Phi) is 2.64. The van der Waals surface area contributed by atoms with Gasteiger partial charge in [0, 0.05) is 5.69 Å². The third-order valence-corrected chi connectivity index (χ3v) is 3.03. The van der Waals surface area contributed by atoms with E-state index in [1.54, 1.807) is 10.9 Å². The molecule has 2 aromatic heterocycles.